The Kier molecular flexibility index (Phi) is 8.68. The molecule has 158 valence electrons. The fourth-order valence-corrected chi connectivity index (χ4v) is 3.47. The van der Waals surface area contributed by atoms with E-state index in [9.17, 15) is 12.8 Å². The van der Waals surface area contributed by atoms with E-state index in [0.717, 1.165) is 47.1 Å². The first-order chi connectivity index (χ1) is 12.7. The van der Waals surface area contributed by atoms with E-state index in [2.05, 4.69) is 14.6 Å². The van der Waals surface area contributed by atoms with Crippen molar-refractivity contribution in [2.45, 2.75) is 13.3 Å². The minimum absolute atomic E-state index is 0. The predicted molar refractivity (Wildman–Crippen MR) is 123 cm³/mol. The molecule has 0 aliphatic heterocycles. The molecule has 0 radical (unpaired) electrons. The lowest BCUT2D eigenvalue weighted by Gasteiger charge is -2.19. The van der Waals surface area contributed by atoms with E-state index in [-0.39, 0.29) is 30.6 Å². The van der Waals surface area contributed by atoms with Crippen LogP contribution in [0.25, 0.3) is 10.9 Å². The number of aryl methyl sites for hydroxylation is 1. The summed E-state index contributed by atoms with van der Waals surface area (Å²) in [6.45, 7) is 2.70. The Morgan fingerprint density at radius 2 is 1.72 bits per heavy atom. The molecule has 1 heterocycles. The average molecular weight is 460 g/mol. The van der Waals surface area contributed by atoms with Gasteiger partial charge in [0.05, 0.1) is 11.8 Å². The van der Waals surface area contributed by atoms with Crippen LogP contribution in [0, 0.1) is 12.7 Å². The largest absolute Gasteiger partial charge is 0.359 e. The van der Waals surface area contributed by atoms with Gasteiger partial charge in [0.1, 0.15) is 11.6 Å². The van der Waals surface area contributed by atoms with Gasteiger partial charge in [-0.2, -0.15) is 0 Å². The number of nitrogens with one attached hydrogen (secondary N) is 1. The van der Waals surface area contributed by atoms with E-state index >= 15 is 0 Å². The zero-order valence-electron chi connectivity index (χ0n) is 16.3. The number of fused-ring (bicyclic) bond motifs is 1. The average Bonchev–Trinajstić information content (AvgIpc) is 2.60. The number of likely N-dealkylation sites (N-methyl/N-ethyl adjacent to an activating group) is 1. The van der Waals surface area contributed by atoms with Crippen LogP contribution in [0.2, 0.25) is 0 Å². The standard InChI is InChI=1S/C20H22FN3O2S.2ClH/c1-14-12-20(22-19-9-6-16(21)13-18(14)19)24(2)11-10-15-4-7-17(8-5-15)23-27(3,25)26;;/h4-9,12-13,23H,10-11H2,1-3H3;2*1H. The van der Waals surface area contributed by atoms with E-state index < -0.39 is 10.0 Å². The number of hydrogen-bond donors (Lipinski definition) is 1. The van der Waals surface area contributed by atoms with Crippen LogP contribution < -0.4 is 9.62 Å². The number of sulfonamides is 1. The maximum Gasteiger partial charge on any atom is 0.229 e. The monoisotopic (exact) mass is 459 g/mol. The first kappa shape index (κ1) is 24.9. The molecule has 0 unspecified atom stereocenters. The second-order valence-corrected chi connectivity index (χ2v) is 8.45. The molecule has 3 aromatic rings. The second kappa shape index (κ2) is 10.1. The third-order valence-electron chi connectivity index (χ3n) is 4.35. The summed E-state index contributed by atoms with van der Waals surface area (Å²) in [5.74, 6) is 0.573. The van der Waals surface area contributed by atoms with Crippen LogP contribution in [0.5, 0.6) is 0 Å². The SMILES string of the molecule is Cc1cc(N(C)CCc2ccc(NS(C)(=O)=O)cc2)nc2ccc(F)cc12.Cl.Cl. The predicted octanol–water partition coefficient (Wildman–Crippen LogP) is 4.58. The van der Waals surface area contributed by atoms with Crippen molar-refractivity contribution in [2.75, 3.05) is 29.5 Å². The number of benzene rings is 2. The molecule has 0 aliphatic rings. The molecule has 0 atom stereocenters. The topological polar surface area (TPSA) is 62.3 Å². The quantitative estimate of drug-likeness (QED) is 0.585. The molecule has 0 aliphatic carbocycles. The molecule has 1 N–H and O–H groups in total. The van der Waals surface area contributed by atoms with Gasteiger partial charge < -0.3 is 4.90 Å². The summed E-state index contributed by atoms with van der Waals surface area (Å²) >= 11 is 0. The highest BCUT2D eigenvalue weighted by atomic mass is 35.5. The lowest BCUT2D eigenvalue weighted by Crippen LogP contribution is -2.21. The van der Waals surface area contributed by atoms with Crippen LogP contribution in [-0.2, 0) is 16.4 Å². The molecule has 0 saturated heterocycles. The number of nitrogens with zero attached hydrogens (tertiary/aromatic N) is 2. The molecule has 5 nitrogen and oxygen atoms in total. The van der Waals surface area contributed by atoms with Crippen molar-refractivity contribution >= 4 is 57.2 Å². The van der Waals surface area contributed by atoms with Crippen molar-refractivity contribution in [2.24, 2.45) is 0 Å². The Balaban J connectivity index is 0.00000210. The van der Waals surface area contributed by atoms with Gasteiger partial charge in [-0.15, -0.1) is 24.8 Å². The molecule has 9 heteroatoms. The van der Waals surface area contributed by atoms with Crippen LogP contribution in [-0.4, -0.2) is 33.2 Å². The van der Waals surface area contributed by atoms with Gasteiger partial charge in [-0.3, -0.25) is 4.72 Å². The number of rotatable bonds is 6. The van der Waals surface area contributed by atoms with E-state index in [1.165, 1.54) is 12.1 Å². The van der Waals surface area contributed by atoms with Crippen molar-refractivity contribution in [1.82, 2.24) is 4.98 Å². The summed E-state index contributed by atoms with van der Waals surface area (Å²) in [6.07, 6.45) is 1.92. The van der Waals surface area contributed by atoms with Crippen molar-refractivity contribution in [3.63, 3.8) is 0 Å². The highest BCUT2D eigenvalue weighted by molar-refractivity contribution is 7.92. The summed E-state index contributed by atoms with van der Waals surface area (Å²) in [5, 5.41) is 0.820. The van der Waals surface area contributed by atoms with E-state index in [0.29, 0.717) is 5.69 Å². The molecule has 0 saturated carbocycles. The Morgan fingerprint density at radius 3 is 2.34 bits per heavy atom. The van der Waals surface area contributed by atoms with Gasteiger partial charge in [-0.05, 0) is 60.9 Å². The minimum Gasteiger partial charge on any atom is -0.359 e. The van der Waals surface area contributed by atoms with Crippen LogP contribution in [0.3, 0.4) is 0 Å². The smallest absolute Gasteiger partial charge is 0.229 e. The Morgan fingerprint density at radius 1 is 1.07 bits per heavy atom. The molecule has 0 spiro atoms. The van der Waals surface area contributed by atoms with Gasteiger partial charge in [0.2, 0.25) is 10.0 Å². The first-order valence-corrected chi connectivity index (χ1v) is 10.5. The van der Waals surface area contributed by atoms with Gasteiger partial charge in [-0.1, -0.05) is 12.1 Å². The number of aromatic nitrogens is 1. The number of pyridine rings is 1. The van der Waals surface area contributed by atoms with Gasteiger partial charge in [0, 0.05) is 24.7 Å². The van der Waals surface area contributed by atoms with Crippen LogP contribution >= 0.6 is 24.8 Å². The Labute approximate surface area is 183 Å². The zero-order valence-corrected chi connectivity index (χ0v) is 18.8. The summed E-state index contributed by atoms with van der Waals surface area (Å²) < 4.78 is 38.4. The molecule has 0 amide bonds. The van der Waals surface area contributed by atoms with Gasteiger partial charge in [0.25, 0.3) is 0 Å². The lowest BCUT2D eigenvalue weighted by molar-refractivity contribution is 0.607. The second-order valence-electron chi connectivity index (χ2n) is 6.70. The molecule has 2 aromatic carbocycles. The summed E-state index contributed by atoms with van der Waals surface area (Å²) in [4.78, 5) is 6.68. The van der Waals surface area contributed by atoms with Crippen LogP contribution in [0.1, 0.15) is 11.1 Å². The summed E-state index contributed by atoms with van der Waals surface area (Å²) in [5.41, 5.74) is 3.40. The maximum atomic E-state index is 13.4. The van der Waals surface area contributed by atoms with Gasteiger partial charge in [-0.25, -0.2) is 17.8 Å². The maximum absolute atomic E-state index is 13.4. The van der Waals surface area contributed by atoms with Crippen molar-refractivity contribution < 1.29 is 12.8 Å². The third-order valence-corrected chi connectivity index (χ3v) is 4.95. The highest BCUT2D eigenvalue weighted by Crippen LogP contribution is 2.23. The normalized spacial score (nSPS) is 10.8. The fraction of sp³-hybridized carbons (Fsp3) is 0.250. The fourth-order valence-electron chi connectivity index (χ4n) is 2.91. The molecule has 29 heavy (non-hydrogen) atoms. The van der Waals surface area contributed by atoms with E-state index in [4.69, 9.17) is 0 Å². The molecular weight excluding hydrogens is 436 g/mol. The molecular formula is C20H24Cl2FN3O2S. The zero-order chi connectivity index (χ0) is 19.6. The van der Waals surface area contributed by atoms with Gasteiger partial charge in [0.15, 0.2) is 0 Å². The number of anilines is 2. The Bertz CT molecular complexity index is 1080. The first-order valence-electron chi connectivity index (χ1n) is 8.56. The van der Waals surface area contributed by atoms with Gasteiger partial charge >= 0.3 is 0 Å². The number of hydrogen-bond acceptors (Lipinski definition) is 4. The number of halogens is 3. The van der Waals surface area contributed by atoms with Crippen molar-refractivity contribution in [3.05, 3.63) is 65.5 Å². The van der Waals surface area contributed by atoms with Crippen molar-refractivity contribution in [1.29, 1.82) is 0 Å². The molecule has 1 aromatic heterocycles. The Hall–Kier alpha value is -2.09. The van der Waals surface area contributed by atoms with E-state index in [1.54, 1.807) is 18.2 Å². The molecule has 0 fully saturated rings. The third kappa shape index (κ3) is 6.73. The van der Waals surface area contributed by atoms with Crippen LogP contribution in [0.15, 0.2) is 48.5 Å². The minimum atomic E-state index is -3.27. The molecule has 3 rings (SSSR count). The highest BCUT2D eigenvalue weighted by Gasteiger charge is 2.08. The van der Waals surface area contributed by atoms with E-state index in [1.807, 2.05) is 32.2 Å². The van der Waals surface area contributed by atoms with Crippen molar-refractivity contribution in [3.8, 4) is 0 Å². The molecule has 0 bridgehead atoms. The van der Waals surface area contributed by atoms with Crippen LogP contribution in [0.4, 0.5) is 15.9 Å². The lowest BCUT2D eigenvalue weighted by atomic mass is 10.1. The summed E-state index contributed by atoms with van der Waals surface area (Å²) in [7, 11) is -1.30. The summed E-state index contributed by atoms with van der Waals surface area (Å²) in [6, 6.07) is 13.9.